The zero-order chi connectivity index (χ0) is 11.5. The van der Waals surface area contributed by atoms with Gasteiger partial charge in [-0.3, -0.25) is 15.2 Å². The number of carbonyl (C=O) groups excluding carboxylic acids is 1. The van der Waals surface area contributed by atoms with Crippen LogP contribution in [0.5, 0.6) is 0 Å². The number of H-pyrrole nitrogens is 1. The van der Waals surface area contributed by atoms with Crippen molar-refractivity contribution in [2.24, 2.45) is 0 Å². The summed E-state index contributed by atoms with van der Waals surface area (Å²) < 4.78 is 4.84. The van der Waals surface area contributed by atoms with Crippen LogP contribution in [0, 0.1) is 6.92 Å². The number of rotatable bonds is 3. The van der Waals surface area contributed by atoms with Crippen molar-refractivity contribution in [2.45, 2.75) is 20.3 Å². The third kappa shape index (κ3) is 2.08. The van der Waals surface area contributed by atoms with E-state index in [1.165, 1.54) is 0 Å². The van der Waals surface area contributed by atoms with E-state index >= 15 is 0 Å². The predicted octanol–water partition coefficient (Wildman–Crippen LogP) is 0.916. The molecule has 0 spiro atoms. The summed E-state index contributed by atoms with van der Waals surface area (Å²) in [5, 5.41) is 12.6. The predicted molar refractivity (Wildman–Crippen MR) is 55.0 cm³/mol. The zero-order valence-electron chi connectivity index (χ0n) is 8.94. The first kappa shape index (κ1) is 10.3. The second-order valence-corrected chi connectivity index (χ2v) is 3.25. The first-order valence-corrected chi connectivity index (χ1v) is 4.85. The smallest absolute Gasteiger partial charge is 0.297 e. The van der Waals surface area contributed by atoms with Gasteiger partial charge in [0.05, 0.1) is 5.69 Å². The van der Waals surface area contributed by atoms with E-state index in [1.54, 1.807) is 13.0 Å². The Balaban J connectivity index is 2.08. The molecule has 2 aromatic heterocycles. The van der Waals surface area contributed by atoms with Crippen molar-refractivity contribution in [3.63, 3.8) is 0 Å². The minimum absolute atomic E-state index is 0.0888. The highest BCUT2D eigenvalue weighted by molar-refractivity contribution is 6.00. The molecule has 2 N–H and O–H groups in total. The van der Waals surface area contributed by atoms with E-state index in [4.69, 9.17) is 4.52 Å². The Morgan fingerprint density at radius 1 is 1.62 bits per heavy atom. The molecule has 0 radical (unpaired) electrons. The van der Waals surface area contributed by atoms with E-state index in [0.29, 0.717) is 17.9 Å². The number of aryl methyl sites for hydroxylation is 2. The molecule has 0 fully saturated rings. The number of anilines is 1. The van der Waals surface area contributed by atoms with Crippen molar-refractivity contribution in [3.05, 3.63) is 23.4 Å². The molecule has 0 unspecified atom stereocenters. The molecule has 0 bridgehead atoms. The number of aromatic nitrogens is 4. The number of hydrogen-bond acceptors (Lipinski definition) is 5. The van der Waals surface area contributed by atoms with Gasteiger partial charge in [0.15, 0.2) is 0 Å². The van der Waals surface area contributed by atoms with Gasteiger partial charge in [0.1, 0.15) is 5.82 Å². The molecule has 2 heterocycles. The second-order valence-electron chi connectivity index (χ2n) is 3.25. The number of nitrogens with zero attached hydrogens (tertiary/aromatic N) is 3. The Hall–Kier alpha value is -2.18. The highest BCUT2D eigenvalue weighted by atomic mass is 16.5. The van der Waals surface area contributed by atoms with E-state index in [2.05, 4.69) is 25.7 Å². The Kier molecular flexibility index (Phi) is 2.67. The minimum Gasteiger partial charge on any atom is -0.338 e. The summed E-state index contributed by atoms with van der Waals surface area (Å²) in [5.74, 6) is 0.613. The number of carbonyl (C=O) groups is 1. The SMILES string of the molecule is CCc1nc(C(=O)Nc2cc(C)no2)n[nH]1. The molecule has 0 aliphatic heterocycles. The first-order chi connectivity index (χ1) is 7.69. The van der Waals surface area contributed by atoms with Gasteiger partial charge in [0.25, 0.3) is 5.91 Å². The molecule has 16 heavy (non-hydrogen) atoms. The largest absolute Gasteiger partial charge is 0.338 e. The quantitative estimate of drug-likeness (QED) is 0.803. The van der Waals surface area contributed by atoms with Gasteiger partial charge in [0, 0.05) is 12.5 Å². The topological polar surface area (TPSA) is 96.7 Å². The summed E-state index contributed by atoms with van der Waals surface area (Å²) in [6.07, 6.45) is 0.696. The van der Waals surface area contributed by atoms with Crippen LogP contribution in [-0.2, 0) is 6.42 Å². The minimum atomic E-state index is -0.424. The van der Waals surface area contributed by atoms with Crippen LogP contribution in [0.15, 0.2) is 10.6 Å². The van der Waals surface area contributed by atoms with E-state index in [1.807, 2.05) is 6.92 Å². The van der Waals surface area contributed by atoms with Crippen LogP contribution in [0.4, 0.5) is 5.88 Å². The normalized spacial score (nSPS) is 10.4. The van der Waals surface area contributed by atoms with Gasteiger partial charge in [-0.15, -0.1) is 5.10 Å². The van der Waals surface area contributed by atoms with Gasteiger partial charge in [-0.2, -0.15) is 0 Å². The van der Waals surface area contributed by atoms with Crippen LogP contribution < -0.4 is 5.32 Å². The molecule has 0 saturated heterocycles. The molecule has 0 aliphatic rings. The standard InChI is InChI=1S/C9H11N5O2/c1-3-6-10-8(13-12-6)9(15)11-7-4-5(2)14-16-7/h4H,3H2,1-2H3,(H,11,15)(H,10,12,13). The lowest BCUT2D eigenvalue weighted by atomic mass is 10.4. The van der Waals surface area contributed by atoms with Crippen molar-refractivity contribution in [2.75, 3.05) is 5.32 Å². The maximum absolute atomic E-state index is 11.6. The van der Waals surface area contributed by atoms with Gasteiger partial charge in [-0.05, 0) is 6.92 Å². The summed E-state index contributed by atoms with van der Waals surface area (Å²) in [7, 11) is 0. The average molecular weight is 221 g/mol. The van der Waals surface area contributed by atoms with Crippen molar-refractivity contribution in [3.8, 4) is 0 Å². The lowest BCUT2D eigenvalue weighted by molar-refractivity contribution is 0.101. The fraction of sp³-hybridized carbons (Fsp3) is 0.333. The first-order valence-electron chi connectivity index (χ1n) is 4.85. The summed E-state index contributed by atoms with van der Waals surface area (Å²) >= 11 is 0. The molecule has 7 heteroatoms. The molecule has 0 atom stereocenters. The van der Waals surface area contributed by atoms with Crippen molar-refractivity contribution in [1.82, 2.24) is 20.3 Å². The summed E-state index contributed by atoms with van der Waals surface area (Å²) in [6.45, 7) is 3.68. The summed E-state index contributed by atoms with van der Waals surface area (Å²) in [4.78, 5) is 15.6. The summed E-state index contributed by atoms with van der Waals surface area (Å²) in [6, 6.07) is 1.62. The van der Waals surface area contributed by atoms with Crippen LogP contribution in [-0.4, -0.2) is 26.2 Å². The van der Waals surface area contributed by atoms with Crippen LogP contribution in [0.1, 0.15) is 29.1 Å². The molecule has 2 aromatic rings. The maximum Gasteiger partial charge on any atom is 0.297 e. The number of nitrogens with one attached hydrogen (secondary N) is 2. The second kappa shape index (κ2) is 4.13. The number of hydrogen-bond donors (Lipinski definition) is 2. The Morgan fingerprint density at radius 2 is 2.44 bits per heavy atom. The lowest BCUT2D eigenvalue weighted by Gasteiger charge is -1.94. The molecule has 1 amide bonds. The molecule has 7 nitrogen and oxygen atoms in total. The third-order valence-corrected chi connectivity index (χ3v) is 1.93. The third-order valence-electron chi connectivity index (χ3n) is 1.93. The highest BCUT2D eigenvalue weighted by Gasteiger charge is 2.13. The van der Waals surface area contributed by atoms with Crippen LogP contribution in [0.2, 0.25) is 0 Å². The summed E-state index contributed by atoms with van der Waals surface area (Å²) in [5.41, 5.74) is 0.694. The molecule has 84 valence electrons. The van der Waals surface area contributed by atoms with Gasteiger partial charge < -0.3 is 4.52 Å². The fourth-order valence-electron chi connectivity index (χ4n) is 1.15. The van der Waals surface area contributed by atoms with Gasteiger partial charge in [-0.25, -0.2) is 4.98 Å². The molecule has 0 saturated carbocycles. The van der Waals surface area contributed by atoms with Crippen molar-refractivity contribution in [1.29, 1.82) is 0 Å². The Labute approximate surface area is 91.2 Å². The van der Waals surface area contributed by atoms with Crippen LogP contribution in [0.25, 0.3) is 0 Å². The molecule has 0 aromatic carbocycles. The molecular weight excluding hydrogens is 210 g/mol. The molecule has 2 rings (SSSR count). The fourth-order valence-corrected chi connectivity index (χ4v) is 1.15. The molecule has 0 aliphatic carbocycles. The van der Waals surface area contributed by atoms with E-state index in [0.717, 1.165) is 0 Å². The van der Waals surface area contributed by atoms with Gasteiger partial charge >= 0.3 is 0 Å². The maximum atomic E-state index is 11.6. The van der Waals surface area contributed by atoms with Crippen LogP contribution in [0.3, 0.4) is 0 Å². The van der Waals surface area contributed by atoms with Gasteiger partial charge in [-0.1, -0.05) is 12.1 Å². The monoisotopic (exact) mass is 221 g/mol. The van der Waals surface area contributed by atoms with E-state index in [9.17, 15) is 4.79 Å². The van der Waals surface area contributed by atoms with Crippen molar-refractivity contribution >= 4 is 11.8 Å². The lowest BCUT2D eigenvalue weighted by Crippen LogP contribution is -2.13. The number of aromatic amines is 1. The zero-order valence-corrected chi connectivity index (χ0v) is 8.94. The van der Waals surface area contributed by atoms with Gasteiger partial charge in [0.2, 0.25) is 11.7 Å². The van der Waals surface area contributed by atoms with E-state index in [-0.39, 0.29) is 11.7 Å². The Morgan fingerprint density at radius 3 is 3.00 bits per heavy atom. The number of amides is 1. The van der Waals surface area contributed by atoms with E-state index < -0.39 is 5.91 Å². The molecular formula is C9H11N5O2. The van der Waals surface area contributed by atoms with Crippen LogP contribution >= 0.6 is 0 Å². The average Bonchev–Trinajstić information content (AvgIpc) is 2.87. The highest BCUT2D eigenvalue weighted by Crippen LogP contribution is 2.09. The van der Waals surface area contributed by atoms with Crippen molar-refractivity contribution < 1.29 is 9.32 Å². The Bertz CT molecular complexity index is 501.